The Hall–Kier alpha value is -2.08. The Morgan fingerprint density at radius 1 is 1.44 bits per heavy atom. The van der Waals surface area contributed by atoms with Crippen LogP contribution < -0.4 is 5.43 Å². The summed E-state index contributed by atoms with van der Waals surface area (Å²) in [7, 11) is 0. The van der Waals surface area contributed by atoms with Crippen molar-refractivity contribution in [2.24, 2.45) is 10.5 Å². The zero-order valence-electron chi connectivity index (χ0n) is 10.2. The molecule has 0 unspecified atom stereocenters. The molecule has 6 nitrogen and oxygen atoms in total. The fraction of sp³-hybridized carbons (Fsp3) is 0.333. The first-order valence-electron chi connectivity index (χ1n) is 5.33. The van der Waals surface area contributed by atoms with Crippen molar-refractivity contribution >= 4 is 12.1 Å². The molecule has 1 amide bonds. The zero-order chi connectivity index (χ0) is 13.8. The molecule has 0 fully saturated rings. The fourth-order valence-corrected chi connectivity index (χ4v) is 1.07. The molecule has 0 aromatic heterocycles. The second kappa shape index (κ2) is 5.50. The van der Waals surface area contributed by atoms with Crippen LogP contribution in [-0.4, -0.2) is 34.0 Å². The van der Waals surface area contributed by atoms with E-state index < -0.39 is 11.3 Å². The quantitative estimate of drug-likeness (QED) is 0.362. The van der Waals surface area contributed by atoms with Gasteiger partial charge in [-0.2, -0.15) is 5.10 Å². The number of aromatic hydroxyl groups is 2. The number of carbonyl (C=O) groups excluding carboxylic acids is 1. The minimum Gasteiger partial charge on any atom is -0.508 e. The highest BCUT2D eigenvalue weighted by molar-refractivity contribution is 5.97. The Balaban J connectivity index is 2.75. The van der Waals surface area contributed by atoms with E-state index >= 15 is 0 Å². The van der Waals surface area contributed by atoms with Gasteiger partial charge < -0.3 is 15.3 Å². The summed E-state index contributed by atoms with van der Waals surface area (Å²) in [4.78, 5) is 11.6. The first-order valence-corrected chi connectivity index (χ1v) is 5.33. The predicted octanol–water partition coefficient (Wildman–Crippen LogP) is 0.832. The minimum absolute atomic E-state index is 0.0750. The SMILES string of the molecule is CC(C)(C=NNC(=O)c1cc(O)ccc1O)CO. The molecule has 4 N–H and O–H groups in total. The number of hydrogen-bond donors (Lipinski definition) is 4. The lowest BCUT2D eigenvalue weighted by Gasteiger charge is -2.14. The van der Waals surface area contributed by atoms with Gasteiger partial charge in [-0.25, -0.2) is 5.43 Å². The summed E-state index contributed by atoms with van der Waals surface area (Å²) in [6.07, 6.45) is 1.39. The molecule has 0 aliphatic heterocycles. The first kappa shape index (κ1) is 14.0. The Morgan fingerprint density at radius 3 is 2.72 bits per heavy atom. The molecule has 0 radical (unpaired) electrons. The maximum Gasteiger partial charge on any atom is 0.275 e. The van der Waals surface area contributed by atoms with Crippen LogP contribution in [0.3, 0.4) is 0 Å². The van der Waals surface area contributed by atoms with Crippen molar-refractivity contribution in [3.05, 3.63) is 23.8 Å². The van der Waals surface area contributed by atoms with Gasteiger partial charge in [0.05, 0.1) is 12.2 Å². The number of aliphatic hydroxyl groups is 1. The lowest BCUT2D eigenvalue weighted by atomic mass is 9.97. The Kier molecular flexibility index (Phi) is 4.28. The molecule has 0 saturated carbocycles. The summed E-state index contributed by atoms with van der Waals surface area (Å²) < 4.78 is 0. The number of hydrazone groups is 1. The summed E-state index contributed by atoms with van der Waals surface area (Å²) in [6.45, 7) is 3.38. The number of benzene rings is 1. The maximum absolute atomic E-state index is 11.6. The van der Waals surface area contributed by atoms with E-state index in [1.54, 1.807) is 13.8 Å². The topological polar surface area (TPSA) is 102 Å². The van der Waals surface area contributed by atoms with E-state index in [4.69, 9.17) is 5.11 Å². The van der Waals surface area contributed by atoms with E-state index in [0.717, 1.165) is 6.07 Å². The average Bonchev–Trinajstić information content (AvgIpc) is 2.32. The standard InChI is InChI=1S/C12H16N2O4/c1-12(2,7-15)6-13-14-11(18)9-5-8(16)3-4-10(9)17/h3-6,15-17H,7H2,1-2H3,(H,14,18). The van der Waals surface area contributed by atoms with E-state index in [1.165, 1.54) is 18.3 Å². The zero-order valence-corrected chi connectivity index (χ0v) is 10.2. The molecule has 0 bridgehead atoms. The molecule has 0 aliphatic rings. The highest BCUT2D eigenvalue weighted by Gasteiger charge is 2.14. The molecule has 0 heterocycles. The molecule has 1 aromatic carbocycles. The number of amides is 1. The second-order valence-corrected chi connectivity index (χ2v) is 4.55. The van der Waals surface area contributed by atoms with Gasteiger partial charge in [0, 0.05) is 11.6 Å². The molecule has 0 atom stereocenters. The highest BCUT2D eigenvalue weighted by atomic mass is 16.3. The predicted molar refractivity (Wildman–Crippen MR) is 66.6 cm³/mol. The van der Waals surface area contributed by atoms with Crippen molar-refractivity contribution in [2.45, 2.75) is 13.8 Å². The summed E-state index contributed by atoms with van der Waals surface area (Å²) in [5.74, 6) is -1.02. The lowest BCUT2D eigenvalue weighted by Crippen LogP contribution is -2.23. The Labute approximate surface area is 105 Å². The summed E-state index contributed by atoms with van der Waals surface area (Å²) in [5, 5.41) is 31.3. The molecular formula is C12H16N2O4. The number of nitrogens with zero attached hydrogens (tertiary/aromatic N) is 1. The number of aliphatic hydroxyl groups excluding tert-OH is 1. The van der Waals surface area contributed by atoms with Crippen LogP contribution in [0, 0.1) is 5.41 Å². The van der Waals surface area contributed by atoms with Crippen LogP contribution in [0.2, 0.25) is 0 Å². The monoisotopic (exact) mass is 252 g/mol. The molecule has 1 rings (SSSR count). The van der Waals surface area contributed by atoms with E-state index in [2.05, 4.69) is 10.5 Å². The third-order valence-corrected chi connectivity index (χ3v) is 2.21. The Morgan fingerprint density at radius 2 is 2.11 bits per heavy atom. The number of phenols is 2. The van der Waals surface area contributed by atoms with Gasteiger partial charge in [0.2, 0.25) is 0 Å². The molecule has 0 aliphatic carbocycles. The van der Waals surface area contributed by atoms with Crippen molar-refractivity contribution < 1.29 is 20.1 Å². The minimum atomic E-state index is -0.645. The molecule has 0 spiro atoms. The van der Waals surface area contributed by atoms with Crippen LogP contribution in [-0.2, 0) is 0 Å². The number of carbonyl (C=O) groups is 1. The normalized spacial score (nSPS) is 11.7. The number of hydrogen-bond acceptors (Lipinski definition) is 5. The van der Waals surface area contributed by atoms with Crippen molar-refractivity contribution in [3.8, 4) is 11.5 Å². The van der Waals surface area contributed by atoms with Crippen LogP contribution in [0.1, 0.15) is 24.2 Å². The molecule has 18 heavy (non-hydrogen) atoms. The highest BCUT2D eigenvalue weighted by Crippen LogP contribution is 2.21. The van der Waals surface area contributed by atoms with Crippen molar-refractivity contribution in [2.75, 3.05) is 6.61 Å². The van der Waals surface area contributed by atoms with Crippen molar-refractivity contribution in [3.63, 3.8) is 0 Å². The largest absolute Gasteiger partial charge is 0.508 e. The molecule has 98 valence electrons. The van der Waals surface area contributed by atoms with Gasteiger partial charge in [-0.3, -0.25) is 4.79 Å². The smallest absolute Gasteiger partial charge is 0.275 e. The van der Waals surface area contributed by atoms with Crippen molar-refractivity contribution in [1.82, 2.24) is 5.43 Å². The van der Waals surface area contributed by atoms with Crippen LogP contribution >= 0.6 is 0 Å². The number of rotatable bonds is 4. The van der Waals surface area contributed by atoms with Crippen LogP contribution in [0.4, 0.5) is 0 Å². The van der Waals surface area contributed by atoms with E-state index in [-0.39, 0.29) is 23.7 Å². The van der Waals surface area contributed by atoms with E-state index in [1.807, 2.05) is 0 Å². The average molecular weight is 252 g/mol. The van der Waals surface area contributed by atoms with Gasteiger partial charge in [-0.1, -0.05) is 13.8 Å². The molecule has 0 saturated heterocycles. The first-order chi connectivity index (χ1) is 8.35. The summed E-state index contributed by atoms with van der Waals surface area (Å²) in [6, 6.07) is 3.62. The number of phenolic OH excluding ortho intramolecular Hbond substituents is 2. The van der Waals surface area contributed by atoms with E-state index in [0.29, 0.717) is 0 Å². The fourth-order valence-electron chi connectivity index (χ4n) is 1.07. The third kappa shape index (κ3) is 3.74. The van der Waals surface area contributed by atoms with Gasteiger partial charge >= 0.3 is 0 Å². The van der Waals surface area contributed by atoms with Gasteiger partial charge in [-0.05, 0) is 18.2 Å². The van der Waals surface area contributed by atoms with Gasteiger partial charge in [-0.15, -0.1) is 0 Å². The summed E-state index contributed by atoms with van der Waals surface area (Å²) >= 11 is 0. The van der Waals surface area contributed by atoms with Gasteiger partial charge in [0.15, 0.2) is 0 Å². The number of nitrogens with one attached hydrogen (secondary N) is 1. The molecule has 1 aromatic rings. The Bertz CT molecular complexity index is 469. The van der Waals surface area contributed by atoms with E-state index in [9.17, 15) is 15.0 Å². The van der Waals surface area contributed by atoms with Crippen LogP contribution in [0.5, 0.6) is 11.5 Å². The van der Waals surface area contributed by atoms with Crippen molar-refractivity contribution in [1.29, 1.82) is 0 Å². The molecule has 6 heteroatoms. The van der Waals surface area contributed by atoms with Gasteiger partial charge in [0.25, 0.3) is 5.91 Å². The van der Waals surface area contributed by atoms with Gasteiger partial charge in [0.1, 0.15) is 11.5 Å². The maximum atomic E-state index is 11.6. The second-order valence-electron chi connectivity index (χ2n) is 4.55. The molecular weight excluding hydrogens is 236 g/mol. The van der Waals surface area contributed by atoms with Crippen LogP contribution in [0.25, 0.3) is 0 Å². The lowest BCUT2D eigenvalue weighted by molar-refractivity contribution is 0.0951. The van der Waals surface area contributed by atoms with Crippen LogP contribution in [0.15, 0.2) is 23.3 Å². The third-order valence-electron chi connectivity index (χ3n) is 2.21. The summed E-state index contributed by atoms with van der Waals surface area (Å²) in [5.41, 5.74) is 1.58.